The summed E-state index contributed by atoms with van der Waals surface area (Å²) in [6.07, 6.45) is 1.50. The van der Waals surface area contributed by atoms with E-state index >= 15 is 0 Å². The van der Waals surface area contributed by atoms with Crippen LogP contribution in [0.5, 0.6) is 0 Å². The van der Waals surface area contributed by atoms with E-state index in [1.807, 2.05) is 12.1 Å². The minimum absolute atomic E-state index is 0.198. The van der Waals surface area contributed by atoms with Gasteiger partial charge in [-0.2, -0.15) is 0 Å². The first-order valence-electron chi connectivity index (χ1n) is 9.21. The molecule has 1 saturated heterocycles. The van der Waals surface area contributed by atoms with Gasteiger partial charge in [-0.3, -0.25) is 19.3 Å². The molecule has 4 rings (SSSR count). The molecule has 2 aromatic carbocycles. The zero-order valence-electron chi connectivity index (χ0n) is 16.2. The summed E-state index contributed by atoms with van der Waals surface area (Å²) in [6, 6.07) is 17.8. The summed E-state index contributed by atoms with van der Waals surface area (Å²) >= 11 is 11.4. The fraction of sp³-hybridized carbons (Fsp3) is 0.0455. The van der Waals surface area contributed by atoms with Gasteiger partial charge in [-0.1, -0.05) is 39.3 Å². The molecule has 32 heavy (non-hydrogen) atoms. The number of hydrogen-bond acceptors (Lipinski definition) is 6. The van der Waals surface area contributed by atoms with Crippen molar-refractivity contribution in [1.29, 1.82) is 0 Å². The molecular weight excluding hydrogens is 536 g/mol. The topological polar surface area (TPSA) is 79.6 Å². The lowest BCUT2D eigenvalue weighted by Crippen LogP contribution is -2.36. The molecule has 0 radical (unpaired) electrons. The van der Waals surface area contributed by atoms with Gasteiger partial charge in [-0.05, 0) is 72.4 Å². The van der Waals surface area contributed by atoms with Gasteiger partial charge in [0.2, 0.25) is 5.91 Å². The summed E-state index contributed by atoms with van der Waals surface area (Å²) in [4.78, 5) is 39.3. The van der Waals surface area contributed by atoms with Crippen LogP contribution in [0.15, 0.2) is 84.4 Å². The fourth-order valence-electron chi connectivity index (χ4n) is 2.73. The lowest BCUT2D eigenvalue weighted by molar-refractivity contribution is -0.127. The van der Waals surface area contributed by atoms with Crippen molar-refractivity contribution in [2.24, 2.45) is 0 Å². The minimum atomic E-state index is -0.533. The number of carbonyl (C=O) groups is 3. The average molecular weight is 550 g/mol. The van der Waals surface area contributed by atoms with Gasteiger partial charge in [-0.25, -0.2) is 0 Å². The number of halogens is 2. The number of furan rings is 1. The van der Waals surface area contributed by atoms with Gasteiger partial charge in [0.05, 0.1) is 4.91 Å². The molecule has 6 nitrogen and oxygen atoms in total. The Hall–Kier alpha value is -2.46. The number of thioether (sulfide) groups is 1. The van der Waals surface area contributed by atoms with Crippen LogP contribution in [0.1, 0.15) is 5.76 Å². The standard InChI is InChI=1S/C22H14BrClN2O4S2/c23-13-1-5-15(6-2-13)25-19(27)12-26-21(28)18(32-22(26)29)11-16-7-10-20(30-16)31-17-8-3-14(24)4-9-17/h1-11H,12H2,(H,25,27)/b18-11-. The predicted molar refractivity (Wildman–Crippen MR) is 130 cm³/mol. The number of nitrogens with one attached hydrogen (secondary N) is 1. The Kier molecular flexibility index (Phi) is 7.10. The van der Waals surface area contributed by atoms with E-state index in [0.29, 0.717) is 21.6 Å². The first kappa shape index (κ1) is 22.7. The zero-order valence-corrected chi connectivity index (χ0v) is 20.2. The maximum atomic E-state index is 12.7. The smallest absolute Gasteiger partial charge is 0.294 e. The Bertz CT molecular complexity index is 1210. The van der Waals surface area contributed by atoms with Crippen LogP contribution in [-0.2, 0) is 9.59 Å². The number of benzene rings is 2. The third-order valence-electron chi connectivity index (χ3n) is 4.21. The number of imide groups is 1. The van der Waals surface area contributed by atoms with Crippen molar-refractivity contribution in [2.75, 3.05) is 11.9 Å². The van der Waals surface area contributed by atoms with Crippen molar-refractivity contribution in [3.63, 3.8) is 0 Å². The van der Waals surface area contributed by atoms with Crippen molar-refractivity contribution in [3.05, 3.63) is 80.8 Å². The highest BCUT2D eigenvalue weighted by atomic mass is 79.9. The summed E-state index contributed by atoms with van der Waals surface area (Å²) < 4.78 is 6.62. The maximum absolute atomic E-state index is 12.7. The zero-order chi connectivity index (χ0) is 22.7. The highest BCUT2D eigenvalue weighted by Crippen LogP contribution is 2.34. The Balaban J connectivity index is 1.39. The summed E-state index contributed by atoms with van der Waals surface area (Å²) in [5, 5.41) is 3.44. The Morgan fingerprint density at radius 1 is 1.09 bits per heavy atom. The Morgan fingerprint density at radius 2 is 1.81 bits per heavy atom. The van der Waals surface area contributed by atoms with Gasteiger partial charge in [-0.15, -0.1) is 0 Å². The second-order valence-electron chi connectivity index (χ2n) is 6.54. The highest BCUT2D eigenvalue weighted by Gasteiger charge is 2.36. The molecule has 0 aliphatic carbocycles. The average Bonchev–Trinajstić information content (AvgIpc) is 3.31. The first-order chi connectivity index (χ1) is 15.4. The van der Waals surface area contributed by atoms with E-state index in [2.05, 4.69) is 21.2 Å². The Labute approximate surface area is 205 Å². The molecule has 162 valence electrons. The van der Waals surface area contributed by atoms with Crippen LogP contribution >= 0.6 is 51.1 Å². The summed E-state index contributed by atoms with van der Waals surface area (Å²) in [6.45, 7) is -0.367. The quantitative estimate of drug-likeness (QED) is 0.353. The van der Waals surface area contributed by atoms with Crippen LogP contribution in [0, 0.1) is 0 Å². The van der Waals surface area contributed by atoms with E-state index in [9.17, 15) is 14.4 Å². The van der Waals surface area contributed by atoms with Gasteiger partial charge in [0.1, 0.15) is 12.3 Å². The molecule has 3 amide bonds. The molecule has 0 atom stereocenters. The molecule has 0 spiro atoms. The van der Waals surface area contributed by atoms with E-state index < -0.39 is 17.1 Å². The molecule has 1 aliphatic rings. The molecule has 0 saturated carbocycles. The number of amides is 3. The monoisotopic (exact) mass is 548 g/mol. The van der Waals surface area contributed by atoms with Crippen molar-refractivity contribution in [2.45, 2.75) is 9.99 Å². The van der Waals surface area contributed by atoms with Crippen molar-refractivity contribution < 1.29 is 18.8 Å². The normalized spacial score (nSPS) is 14.9. The number of carbonyl (C=O) groups excluding carboxylic acids is 3. The maximum Gasteiger partial charge on any atom is 0.294 e. The molecule has 1 aromatic heterocycles. The van der Waals surface area contributed by atoms with Gasteiger partial charge < -0.3 is 9.73 Å². The molecule has 1 aliphatic heterocycles. The second-order valence-corrected chi connectivity index (χ2v) is 9.96. The first-order valence-corrected chi connectivity index (χ1v) is 12.0. The van der Waals surface area contributed by atoms with Crippen LogP contribution in [0.2, 0.25) is 5.02 Å². The third kappa shape index (κ3) is 5.66. The molecule has 1 fully saturated rings. The Morgan fingerprint density at radius 3 is 2.53 bits per heavy atom. The molecule has 0 unspecified atom stereocenters. The second kappa shape index (κ2) is 9.99. The summed E-state index contributed by atoms with van der Waals surface area (Å²) in [5.41, 5.74) is 0.571. The van der Waals surface area contributed by atoms with Crippen molar-refractivity contribution in [3.8, 4) is 0 Å². The van der Waals surface area contributed by atoms with Gasteiger partial charge >= 0.3 is 0 Å². The number of nitrogens with zero attached hydrogens (tertiary/aromatic N) is 1. The fourth-order valence-corrected chi connectivity index (χ4v) is 4.72. The third-order valence-corrected chi connectivity index (χ3v) is 6.83. The predicted octanol–water partition coefficient (Wildman–Crippen LogP) is 6.52. The molecule has 3 aromatic rings. The van der Waals surface area contributed by atoms with E-state index in [-0.39, 0.29) is 11.4 Å². The van der Waals surface area contributed by atoms with E-state index in [1.54, 1.807) is 48.5 Å². The van der Waals surface area contributed by atoms with Crippen LogP contribution in [0.3, 0.4) is 0 Å². The van der Waals surface area contributed by atoms with Crippen molar-refractivity contribution in [1.82, 2.24) is 4.90 Å². The number of rotatable bonds is 6. The minimum Gasteiger partial charge on any atom is -0.450 e. The van der Waals surface area contributed by atoms with E-state index in [0.717, 1.165) is 26.0 Å². The molecule has 2 heterocycles. The van der Waals surface area contributed by atoms with Crippen LogP contribution in [0.4, 0.5) is 10.5 Å². The van der Waals surface area contributed by atoms with Crippen LogP contribution < -0.4 is 5.32 Å². The summed E-state index contributed by atoms with van der Waals surface area (Å²) in [5.74, 6) is -0.559. The lowest BCUT2D eigenvalue weighted by atomic mass is 10.3. The van der Waals surface area contributed by atoms with Gasteiger partial charge in [0.15, 0.2) is 5.09 Å². The number of anilines is 1. The van der Waals surface area contributed by atoms with E-state index in [1.165, 1.54) is 17.8 Å². The highest BCUT2D eigenvalue weighted by molar-refractivity contribution is 9.10. The molecule has 1 N–H and O–H groups in total. The van der Waals surface area contributed by atoms with Gasteiger partial charge in [0, 0.05) is 26.2 Å². The van der Waals surface area contributed by atoms with Crippen LogP contribution in [-0.4, -0.2) is 28.5 Å². The van der Waals surface area contributed by atoms with Crippen molar-refractivity contribution >= 4 is 79.9 Å². The van der Waals surface area contributed by atoms with E-state index in [4.69, 9.17) is 16.0 Å². The molecule has 10 heteroatoms. The summed E-state index contributed by atoms with van der Waals surface area (Å²) in [7, 11) is 0. The number of hydrogen-bond donors (Lipinski definition) is 1. The largest absolute Gasteiger partial charge is 0.450 e. The molecular formula is C22H14BrClN2O4S2. The van der Waals surface area contributed by atoms with Gasteiger partial charge in [0.25, 0.3) is 11.1 Å². The lowest BCUT2D eigenvalue weighted by Gasteiger charge is -2.12. The SMILES string of the molecule is O=C(CN1C(=O)S/C(=C\c2ccc(Sc3ccc(Cl)cc3)o2)C1=O)Nc1ccc(Br)cc1. The molecule has 0 bridgehead atoms. The van der Waals surface area contributed by atoms with Crippen LogP contribution in [0.25, 0.3) is 6.08 Å².